The highest BCUT2D eigenvalue weighted by Gasteiger charge is 2.25. The molecule has 0 amide bonds. The van der Waals surface area contributed by atoms with E-state index in [4.69, 9.17) is 8.83 Å². The second kappa shape index (κ2) is 7.89. The Bertz CT molecular complexity index is 822. The first kappa shape index (κ1) is 17.1. The van der Waals surface area contributed by atoms with Crippen molar-refractivity contribution < 1.29 is 13.2 Å². The van der Waals surface area contributed by atoms with Crippen LogP contribution in [0.25, 0.3) is 11.3 Å². The summed E-state index contributed by atoms with van der Waals surface area (Å²) in [5, 5.41) is 3.46. The van der Waals surface area contributed by atoms with Crippen molar-refractivity contribution >= 4 is 0 Å². The van der Waals surface area contributed by atoms with Crippen molar-refractivity contribution in [1.82, 2.24) is 10.2 Å². The van der Waals surface area contributed by atoms with Gasteiger partial charge in [0.05, 0.1) is 24.4 Å². The number of hydrogen-bond acceptors (Lipinski definition) is 4. The fourth-order valence-electron chi connectivity index (χ4n) is 3.55. The van der Waals surface area contributed by atoms with E-state index in [1.807, 2.05) is 30.3 Å². The van der Waals surface area contributed by atoms with E-state index in [9.17, 15) is 4.39 Å². The average molecular weight is 354 g/mol. The van der Waals surface area contributed by atoms with Crippen molar-refractivity contribution in [3.63, 3.8) is 0 Å². The molecule has 1 saturated heterocycles. The van der Waals surface area contributed by atoms with E-state index in [0.717, 1.165) is 31.2 Å². The molecule has 4 nitrogen and oxygen atoms in total. The number of benzene rings is 1. The zero-order chi connectivity index (χ0) is 17.8. The van der Waals surface area contributed by atoms with Crippen LogP contribution in [0, 0.1) is 5.82 Å². The summed E-state index contributed by atoms with van der Waals surface area (Å²) in [7, 11) is 0. The molecular weight excluding hydrogens is 331 g/mol. The maximum absolute atomic E-state index is 13.9. The molecule has 0 spiro atoms. The SMILES string of the molecule is Fc1ccccc1-c1ccc(CNC[C@@H](c2ccco2)N2CCCC2)o1. The molecule has 0 bridgehead atoms. The average Bonchev–Trinajstić information content (AvgIpc) is 3.41. The molecule has 0 radical (unpaired) electrons. The number of nitrogens with zero attached hydrogens (tertiary/aromatic N) is 1. The van der Waals surface area contributed by atoms with Crippen molar-refractivity contribution in [3.8, 4) is 11.3 Å². The van der Waals surface area contributed by atoms with E-state index in [1.165, 1.54) is 18.9 Å². The summed E-state index contributed by atoms with van der Waals surface area (Å²) >= 11 is 0. The zero-order valence-corrected chi connectivity index (χ0v) is 14.7. The van der Waals surface area contributed by atoms with Gasteiger partial charge in [0.1, 0.15) is 23.1 Å². The fraction of sp³-hybridized carbons (Fsp3) is 0.333. The first-order chi connectivity index (χ1) is 12.8. The number of furan rings is 2. The quantitative estimate of drug-likeness (QED) is 0.673. The molecule has 3 aromatic rings. The maximum atomic E-state index is 13.9. The summed E-state index contributed by atoms with van der Waals surface area (Å²) in [6, 6.07) is 14.6. The Morgan fingerprint density at radius 1 is 1.04 bits per heavy atom. The van der Waals surface area contributed by atoms with Crippen LogP contribution in [0.5, 0.6) is 0 Å². The Morgan fingerprint density at radius 2 is 1.88 bits per heavy atom. The Hall–Kier alpha value is -2.37. The van der Waals surface area contributed by atoms with Crippen molar-refractivity contribution in [2.24, 2.45) is 0 Å². The molecule has 1 N–H and O–H groups in total. The predicted octanol–water partition coefficient (Wildman–Crippen LogP) is 4.61. The van der Waals surface area contributed by atoms with Gasteiger partial charge in [-0.05, 0) is 62.3 Å². The van der Waals surface area contributed by atoms with Gasteiger partial charge < -0.3 is 14.2 Å². The lowest BCUT2D eigenvalue weighted by Crippen LogP contribution is -2.33. The third kappa shape index (κ3) is 3.74. The Morgan fingerprint density at radius 3 is 2.65 bits per heavy atom. The van der Waals surface area contributed by atoms with Crippen molar-refractivity contribution in [1.29, 1.82) is 0 Å². The van der Waals surface area contributed by atoms with Crippen LogP contribution in [-0.4, -0.2) is 24.5 Å². The Kier molecular flexibility index (Phi) is 5.18. The van der Waals surface area contributed by atoms with E-state index in [-0.39, 0.29) is 11.9 Å². The van der Waals surface area contributed by atoms with Gasteiger partial charge in [-0.3, -0.25) is 4.90 Å². The standard InChI is InChI=1S/C21H23FN2O2/c22-18-7-2-1-6-17(18)20-10-9-16(26-20)14-23-15-19(21-8-5-13-25-21)24-11-3-4-12-24/h1-2,5-10,13,19,23H,3-4,11-12,14-15H2/t19-/m0/s1. The van der Waals surface area contributed by atoms with Gasteiger partial charge >= 0.3 is 0 Å². The van der Waals surface area contributed by atoms with Gasteiger partial charge in [0.15, 0.2) is 0 Å². The monoisotopic (exact) mass is 354 g/mol. The van der Waals surface area contributed by atoms with Crippen molar-refractivity contribution in [3.05, 3.63) is 72.1 Å². The molecule has 3 heterocycles. The molecular formula is C21H23FN2O2. The molecule has 0 saturated carbocycles. The van der Waals surface area contributed by atoms with Crippen LogP contribution >= 0.6 is 0 Å². The number of nitrogens with one attached hydrogen (secondary N) is 1. The summed E-state index contributed by atoms with van der Waals surface area (Å²) in [5.41, 5.74) is 0.490. The lowest BCUT2D eigenvalue weighted by atomic mass is 10.1. The second-order valence-corrected chi connectivity index (χ2v) is 6.65. The number of halogens is 1. The number of hydrogen-bond donors (Lipinski definition) is 1. The second-order valence-electron chi connectivity index (χ2n) is 6.65. The minimum atomic E-state index is -0.270. The zero-order valence-electron chi connectivity index (χ0n) is 14.7. The van der Waals surface area contributed by atoms with Gasteiger partial charge in [0, 0.05) is 6.54 Å². The summed E-state index contributed by atoms with van der Waals surface area (Å²) < 4.78 is 25.3. The highest BCUT2D eigenvalue weighted by atomic mass is 19.1. The van der Waals surface area contributed by atoms with E-state index in [0.29, 0.717) is 17.9 Å². The van der Waals surface area contributed by atoms with E-state index >= 15 is 0 Å². The predicted molar refractivity (Wildman–Crippen MR) is 98.1 cm³/mol. The van der Waals surface area contributed by atoms with Gasteiger partial charge in [-0.25, -0.2) is 4.39 Å². The van der Waals surface area contributed by atoms with Crippen LogP contribution in [0.15, 0.2) is 63.6 Å². The third-order valence-corrected chi connectivity index (χ3v) is 4.89. The van der Waals surface area contributed by atoms with Crippen molar-refractivity contribution in [2.45, 2.75) is 25.4 Å². The van der Waals surface area contributed by atoms with Gasteiger partial charge in [0.25, 0.3) is 0 Å². The van der Waals surface area contributed by atoms with Crippen LogP contribution in [0.4, 0.5) is 4.39 Å². The van der Waals surface area contributed by atoms with Gasteiger partial charge in [-0.2, -0.15) is 0 Å². The molecule has 1 aliphatic rings. The van der Waals surface area contributed by atoms with Gasteiger partial charge in [-0.1, -0.05) is 12.1 Å². The third-order valence-electron chi connectivity index (χ3n) is 4.89. The lowest BCUT2D eigenvalue weighted by molar-refractivity contribution is 0.208. The molecule has 136 valence electrons. The van der Waals surface area contributed by atoms with Crippen molar-refractivity contribution in [2.75, 3.05) is 19.6 Å². The molecule has 5 heteroatoms. The van der Waals surface area contributed by atoms with Crippen LogP contribution in [0.1, 0.15) is 30.4 Å². The minimum Gasteiger partial charge on any atom is -0.468 e. The molecule has 1 atom stereocenters. The largest absolute Gasteiger partial charge is 0.468 e. The van der Waals surface area contributed by atoms with Crippen LogP contribution in [0.2, 0.25) is 0 Å². The first-order valence-corrected chi connectivity index (χ1v) is 9.13. The normalized spacial score (nSPS) is 16.2. The Balaban J connectivity index is 1.38. The van der Waals surface area contributed by atoms with E-state index in [2.05, 4.69) is 10.2 Å². The molecule has 1 aliphatic heterocycles. The summed E-state index contributed by atoms with van der Waals surface area (Å²) in [6.45, 7) is 3.58. The minimum absolute atomic E-state index is 0.230. The highest BCUT2D eigenvalue weighted by Crippen LogP contribution is 2.26. The molecule has 0 aliphatic carbocycles. The number of rotatable bonds is 7. The lowest BCUT2D eigenvalue weighted by Gasteiger charge is -2.25. The van der Waals surface area contributed by atoms with E-state index in [1.54, 1.807) is 18.4 Å². The van der Waals surface area contributed by atoms with Gasteiger partial charge in [0.2, 0.25) is 0 Å². The highest BCUT2D eigenvalue weighted by molar-refractivity contribution is 5.58. The summed E-state index contributed by atoms with van der Waals surface area (Å²) in [4.78, 5) is 2.46. The number of likely N-dealkylation sites (tertiary alicyclic amines) is 1. The maximum Gasteiger partial charge on any atom is 0.137 e. The summed E-state index contributed by atoms with van der Waals surface area (Å²) in [5.74, 6) is 2.07. The molecule has 0 unspecified atom stereocenters. The summed E-state index contributed by atoms with van der Waals surface area (Å²) in [6.07, 6.45) is 4.20. The Labute approximate surface area is 152 Å². The first-order valence-electron chi connectivity index (χ1n) is 9.13. The van der Waals surface area contributed by atoms with Crippen LogP contribution in [0.3, 0.4) is 0 Å². The molecule has 4 rings (SSSR count). The smallest absolute Gasteiger partial charge is 0.137 e. The molecule has 1 aromatic carbocycles. The molecule has 2 aromatic heterocycles. The van der Waals surface area contributed by atoms with Crippen LogP contribution < -0.4 is 5.32 Å². The fourth-order valence-corrected chi connectivity index (χ4v) is 3.55. The molecule has 26 heavy (non-hydrogen) atoms. The molecule has 1 fully saturated rings. The van der Waals surface area contributed by atoms with Crippen LogP contribution in [-0.2, 0) is 6.54 Å². The van der Waals surface area contributed by atoms with E-state index < -0.39 is 0 Å². The van der Waals surface area contributed by atoms with Gasteiger partial charge in [-0.15, -0.1) is 0 Å². The topological polar surface area (TPSA) is 41.6 Å².